The van der Waals surface area contributed by atoms with Crippen molar-refractivity contribution in [2.24, 2.45) is 0 Å². The van der Waals surface area contributed by atoms with E-state index in [-0.39, 0.29) is 12.4 Å². The molecule has 0 amide bonds. The van der Waals surface area contributed by atoms with Gasteiger partial charge in [0.05, 0.1) is 30.5 Å². The quantitative estimate of drug-likeness (QED) is 0.648. The number of fused-ring (bicyclic) bond motifs is 1. The van der Waals surface area contributed by atoms with Crippen molar-refractivity contribution >= 4 is 23.3 Å². The molecule has 0 saturated carbocycles. The summed E-state index contributed by atoms with van der Waals surface area (Å²) in [6.45, 7) is 6.25. The van der Waals surface area contributed by atoms with E-state index in [0.29, 0.717) is 6.10 Å². The first-order chi connectivity index (χ1) is 11.2. The van der Waals surface area contributed by atoms with Gasteiger partial charge in [-0.3, -0.25) is 4.98 Å². The SMILES string of the molecule is Cc1c(C)n(CC2CO2)c2c(CCc3ccccc3)nccc12.Cl. The molecule has 2 aromatic heterocycles. The molecule has 4 rings (SSSR count). The van der Waals surface area contributed by atoms with Gasteiger partial charge in [-0.15, -0.1) is 12.4 Å². The summed E-state index contributed by atoms with van der Waals surface area (Å²) in [5.74, 6) is 0. The van der Waals surface area contributed by atoms with E-state index in [1.165, 1.54) is 33.4 Å². The number of halogens is 1. The predicted molar refractivity (Wildman–Crippen MR) is 100 cm³/mol. The number of nitrogens with zero attached hydrogens (tertiary/aromatic N) is 2. The first kappa shape index (κ1) is 17.0. The molecule has 0 aliphatic carbocycles. The molecular formula is C20H23ClN2O. The highest BCUT2D eigenvalue weighted by Gasteiger charge is 2.25. The minimum absolute atomic E-state index is 0. The smallest absolute Gasteiger partial charge is 0.0988 e. The summed E-state index contributed by atoms with van der Waals surface area (Å²) in [6.07, 6.45) is 4.32. The molecule has 3 aromatic rings. The van der Waals surface area contributed by atoms with E-state index in [0.717, 1.165) is 26.0 Å². The van der Waals surface area contributed by atoms with E-state index in [2.05, 4.69) is 54.8 Å². The van der Waals surface area contributed by atoms with Crippen LogP contribution in [0.4, 0.5) is 0 Å². The van der Waals surface area contributed by atoms with Crippen LogP contribution >= 0.6 is 12.4 Å². The number of rotatable bonds is 5. The van der Waals surface area contributed by atoms with E-state index in [1.54, 1.807) is 0 Å². The molecule has 1 saturated heterocycles. The van der Waals surface area contributed by atoms with Crippen LogP contribution in [0.2, 0.25) is 0 Å². The summed E-state index contributed by atoms with van der Waals surface area (Å²) in [4.78, 5) is 4.70. The van der Waals surface area contributed by atoms with Gasteiger partial charge in [-0.1, -0.05) is 30.3 Å². The summed E-state index contributed by atoms with van der Waals surface area (Å²) in [7, 11) is 0. The Labute approximate surface area is 149 Å². The lowest BCUT2D eigenvalue weighted by molar-refractivity contribution is 0.384. The number of ether oxygens (including phenoxy) is 1. The van der Waals surface area contributed by atoms with Crippen molar-refractivity contribution < 1.29 is 4.74 Å². The Kier molecular flexibility index (Phi) is 4.93. The van der Waals surface area contributed by atoms with Crippen LogP contribution in [0.15, 0.2) is 42.6 Å². The maximum absolute atomic E-state index is 5.45. The van der Waals surface area contributed by atoms with Crippen LogP contribution in [-0.2, 0) is 24.1 Å². The fraction of sp³-hybridized carbons (Fsp3) is 0.350. The number of epoxide rings is 1. The first-order valence-electron chi connectivity index (χ1n) is 8.33. The molecule has 0 bridgehead atoms. The second-order valence-electron chi connectivity index (χ2n) is 6.42. The Bertz CT molecular complexity index is 838. The molecule has 1 unspecified atom stereocenters. The maximum Gasteiger partial charge on any atom is 0.0988 e. The molecule has 3 heterocycles. The van der Waals surface area contributed by atoms with Gasteiger partial charge < -0.3 is 9.30 Å². The fourth-order valence-corrected chi connectivity index (χ4v) is 3.36. The zero-order valence-corrected chi connectivity index (χ0v) is 15.0. The minimum Gasteiger partial charge on any atom is -0.371 e. The van der Waals surface area contributed by atoms with E-state index in [4.69, 9.17) is 9.72 Å². The van der Waals surface area contributed by atoms with Gasteiger partial charge in [-0.05, 0) is 43.9 Å². The molecule has 1 aliphatic rings. The average molecular weight is 343 g/mol. The van der Waals surface area contributed by atoms with E-state index >= 15 is 0 Å². The molecule has 4 heteroatoms. The Balaban J connectivity index is 0.00000169. The number of hydrogen-bond donors (Lipinski definition) is 0. The lowest BCUT2D eigenvalue weighted by Crippen LogP contribution is -2.08. The summed E-state index contributed by atoms with van der Waals surface area (Å²) in [6, 6.07) is 12.8. The second kappa shape index (κ2) is 6.96. The second-order valence-corrected chi connectivity index (χ2v) is 6.42. The van der Waals surface area contributed by atoms with Gasteiger partial charge in [0.1, 0.15) is 0 Å². The molecule has 1 aromatic carbocycles. The molecule has 0 radical (unpaired) electrons. The van der Waals surface area contributed by atoms with E-state index < -0.39 is 0 Å². The molecule has 126 valence electrons. The standard InChI is InChI=1S/C20H22N2O.ClH/c1-14-15(2)22(12-17-13-23-17)20-18(14)10-11-21-19(20)9-8-16-6-4-3-5-7-16;/h3-7,10-11,17H,8-9,12-13H2,1-2H3;1H. The molecule has 0 spiro atoms. The third-order valence-electron chi connectivity index (χ3n) is 4.90. The van der Waals surface area contributed by atoms with Crippen molar-refractivity contribution in [3.63, 3.8) is 0 Å². The van der Waals surface area contributed by atoms with E-state index in [9.17, 15) is 0 Å². The highest BCUT2D eigenvalue weighted by Crippen LogP contribution is 2.29. The minimum atomic E-state index is 0. The third-order valence-corrected chi connectivity index (χ3v) is 4.90. The van der Waals surface area contributed by atoms with E-state index in [1.807, 2.05) is 6.20 Å². The number of hydrogen-bond acceptors (Lipinski definition) is 2. The number of benzene rings is 1. The normalized spacial score (nSPS) is 16.2. The summed E-state index contributed by atoms with van der Waals surface area (Å²) in [5, 5.41) is 1.33. The predicted octanol–water partition coefficient (Wildman–Crippen LogP) is 4.26. The van der Waals surface area contributed by atoms with Crippen LogP contribution in [0.3, 0.4) is 0 Å². The molecule has 1 fully saturated rings. The highest BCUT2D eigenvalue weighted by molar-refractivity contribution is 5.87. The van der Waals surface area contributed by atoms with Crippen molar-refractivity contribution in [2.45, 2.75) is 39.3 Å². The van der Waals surface area contributed by atoms with Crippen molar-refractivity contribution in [3.05, 3.63) is 65.1 Å². The zero-order valence-electron chi connectivity index (χ0n) is 14.2. The van der Waals surface area contributed by atoms with Crippen molar-refractivity contribution in [1.29, 1.82) is 0 Å². The van der Waals surface area contributed by atoms with Gasteiger partial charge in [-0.2, -0.15) is 0 Å². The summed E-state index contributed by atoms with van der Waals surface area (Å²) >= 11 is 0. The van der Waals surface area contributed by atoms with Crippen LogP contribution in [-0.4, -0.2) is 22.3 Å². The van der Waals surface area contributed by atoms with Crippen molar-refractivity contribution in [2.75, 3.05) is 6.61 Å². The molecule has 24 heavy (non-hydrogen) atoms. The summed E-state index contributed by atoms with van der Waals surface area (Å²) < 4.78 is 7.87. The number of pyridine rings is 1. The molecule has 1 atom stereocenters. The first-order valence-corrected chi connectivity index (χ1v) is 8.33. The molecular weight excluding hydrogens is 320 g/mol. The molecule has 1 aliphatic heterocycles. The monoisotopic (exact) mass is 342 g/mol. The number of aryl methyl sites for hydroxylation is 3. The number of aromatic nitrogens is 2. The van der Waals surface area contributed by atoms with Gasteiger partial charge in [0.25, 0.3) is 0 Å². The highest BCUT2D eigenvalue weighted by atomic mass is 35.5. The molecule has 0 N–H and O–H groups in total. The largest absolute Gasteiger partial charge is 0.371 e. The fourth-order valence-electron chi connectivity index (χ4n) is 3.36. The topological polar surface area (TPSA) is 30.4 Å². The Hall–Kier alpha value is -1.84. The van der Waals surface area contributed by atoms with Gasteiger partial charge in [0.2, 0.25) is 0 Å². The maximum atomic E-state index is 5.45. The van der Waals surface area contributed by atoms with Crippen LogP contribution in [0, 0.1) is 13.8 Å². The lowest BCUT2D eigenvalue weighted by Gasteiger charge is -2.10. The summed E-state index contributed by atoms with van der Waals surface area (Å²) in [5.41, 5.74) is 6.56. The lowest BCUT2D eigenvalue weighted by atomic mass is 10.1. The van der Waals surface area contributed by atoms with Crippen LogP contribution in [0.25, 0.3) is 10.9 Å². The van der Waals surface area contributed by atoms with Crippen molar-refractivity contribution in [1.82, 2.24) is 9.55 Å². The third kappa shape index (κ3) is 3.19. The van der Waals surface area contributed by atoms with Crippen molar-refractivity contribution in [3.8, 4) is 0 Å². The average Bonchev–Trinajstić information content (AvgIpc) is 3.37. The van der Waals surface area contributed by atoms with Gasteiger partial charge >= 0.3 is 0 Å². The van der Waals surface area contributed by atoms with Gasteiger partial charge in [0, 0.05) is 17.3 Å². The zero-order chi connectivity index (χ0) is 15.8. The molecule has 3 nitrogen and oxygen atoms in total. The van der Waals surface area contributed by atoms with Crippen LogP contribution < -0.4 is 0 Å². The van der Waals surface area contributed by atoms with Gasteiger partial charge in [0.15, 0.2) is 0 Å². The van der Waals surface area contributed by atoms with Crippen LogP contribution in [0.1, 0.15) is 22.5 Å². The Morgan fingerprint density at radius 2 is 1.88 bits per heavy atom. The van der Waals surface area contributed by atoms with Gasteiger partial charge in [-0.25, -0.2) is 0 Å². The van der Waals surface area contributed by atoms with Crippen LogP contribution in [0.5, 0.6) is 0 Å². The Morgan fingerprint density at radius 1 is 1.12 bits per heavy atom. The Morgan fingerprint density at radius 3 is 2.58 bits per heavy atom.